The van der Waals surface area contributed by atoms with Crippen molar-refractivity contribution in [2.24, 2.45) is 5.41 Å². The molecule has 16 heavy (non-hydrogen) atoms. The van der Waals surface area contributed by atoms with Crippen molar-refractivity contribution in [3.05, 3.63) is 35.4 Å². The van der Waals surface area contributed by atoms with Gasteiger partial charge in [-0.3, -0.25) is 4.79 Å². The van der Waals surface area contributed by atoms with Crippen molar-refractivity contribution in [2.45, 2.75) is 34.1 Å². The molecule has 2 nitrogen and oxygen atoms in total. The number of hydrogen-bond donors (Lipinski definition) is 1. The van der Waals surface area contributed by atoms with Crippen LogP contribution in [-0.4, -0.2) is 12.5 Å². The van der Waals surface area contributed by atoms with Crippen LogP contribution in [0.3, 0.4) is 0 Å². The van der Waals surface area contributed by atoms with Gasteiger partial charge in [0.25, 0.3) is 5.91 Å². The number of carbonyl (C=O) groups excluding carboxylic acids is 1. The highest BCUT2D eigenvalue weighted by atomic mass is 16.1. The van der Waals surface area contributed by atoms with Crippen LogP contribution in [-0.2, 0) is 0 Å². The molecule has 0 aromatic heterocycles. The molecule has 0 aliphatic heterocycles. The van der Waals surface area contributed by atoms with E-state index >= 15 is 0 Å². The van der Waals surface area contributed by atoms with E-state index in [1.165, 1.54) is 0 Å². The van der Waals surface area contributed by atoms with E-state index in [0.717, 1.165) is 24.1 Å². The summed E-state index contributed by atoms with van der Waals surface area (Å²) < 4.78 is 0. The molecule has 1 aromatic rings. The quantitative estimate of drug-likeness (QED) is 0.831. The van der Waals surface area contributed by atoms with E-state index in [-0.39, 0.29) is 11.3 Å². The second-order valence-corrected chi connectivity index (χ2v) is 5.44. The minimum Gasteiger partial charge on any atom is -0.352 e. The third-order valence-corrected chi connectivity index (χ3v) is 2.44. The molecule has 1 rings (SSSR count). The molecular weight excluding hydrogens is 198 g/mol. The average molecular weight is 219 g/mol. The molecule has 2 heteroatoms. The molecule has 0 aliphatic carbocycles. The van der Waals surface area contributed by atoms with Gasteiger partial charge in [0.05, 0.1) is 0 Å². The maximum absolute atomic E-state index is 11.8. The zero-order valence-corrected chi connectivity index (χ0v) is 10.6. The number of carbonyl (C=O) groups is 1. The molecule has 1 N–H and O–H groups in total. The van der Waals surface area contributed by atoms with Crippen LogP contribution < -0.4 is 5.32 Å². The minimum atomic E-state index is 0.0213. The number of nitrogens with one attached hydrogen (secondary N) is 1. The van der Waals surface area contributed by atoms with Crippen LogP contribution in [0.1, 0.15) is 43.1 Å². The lowest BCUT2D eigenvalue weighted by atomic mass is 9.92. The van der Waals surface area contributed by atoms with E-state index in [1.807, 2.05) is 31.2 Å². The molecule has 0 aliphatic rings. The van der Waals surface area contributed by atoms with Crippen LogP contribution in [0.25, 0.3) is 0 Å². The number of amides is 1. The van der Waals surface area contributed by atoms with Gasteiger partial charge in [-0.15, -0.1) is 0 Å². The van der Waals surface area contributed by atoms with Crippen LogP contribution >= 0.6 is 0 Å². The summed E-state index contributed by atoms with van der Waals surface area (Å²) in [5.74, 6) is 0.0213. The van der Waals surface area contributed by atoms with Gasteiger partial charge >= 0.3 is 0 Å². The van der Waals surface area contributed by atoms with Crippen molar-refractivity contribution in [3.8, 4) is 0 Å². The minimum absolute atomic E-state index is 0.0213. The highest BCUT2D eigenvalue weighted by Gasteiger charge is 2.11. The summed E-state index contributed by atoms with van der Waals surface area (Å²) in [5.41, 5.74) is 2.12. The summed E-state index contributed by atoms with van der Waals surface area (Å²) in [6.07, 6.45) is 0.991. The highest BCUT2D eigenvalue weighted by molar-refractivity contribution is 5.94. The molecule has 0 saturated heterocycles. The Morgan fingerprint density at radius 2 is 2.00 bits per heavy atom. The van der Waals surface area contributed by atoms with Gasteiger partial charge in [-0.25, -0.2) is 0 Å². The summed E-state index contributed by atoms with van der Waals surface area (Å²) >= 11 is 0. The van der Waals surface area contributed by atoms with Crippen LogP contribution in [0.2, 0.25) is 0 Å². The standard InChI is InChI=1S/C14H21NO/c1-11-6-5-7-12(10-11)13(16)15-9-8-14(2,3)4/h5-7,10H,8-9H2,1-4H3,(H,15,16). The molecule has 0 radical (unpaired) electrons. The van der Waals surface area contributed by atoms with E-state index in [1.54, 1.807) is 0 Å². The second-order valence-electron chi connectivity index (χ2n) is 5.44. The molecule has 0 heterocycles. The maximum atomic E-state index is 11.8. The third-order valence-electron chi connectivity index (χ3n) is 2.44. The predicted molar refractivity (Wildman–Crippen MR) is 67.6 cm³/mol. The van der Waals surface area contributed by atoms with E-state index in [9.17, 15) is 4.79 Å². The van der Waals surface area contributed by atoms with Gasteiger partial charge in [-0.1, -0.05) is 38.5 Å². The molecule has 0 bridgehead atoms. The van der Waals surface area contributed by atoms with Crippen molar-refractivity contribution in [1.29, 1.82) is 0 Å². The fraction of sp³-hybridized carbons (Fsp3) is 0.500. The fourth-order valence-electron chi connectivity index (χ4n) is 1.44. The Morgan fingerprint density at radius 3 is 2.56 bits per heavy atom. The largest absolute Gasteiger partial charge is 0.352 e. The summed E-state index contributed by atoms with van der Waals surface area (Å²) in [6, 6.07) is 7.66. The van der Waals surface area contributed by atoms with Gasteiger partial charge in [-0.2, -0.15) is 0 Å². The van der Waals surface area contributed by atoms with Crippen molar-refractivity contribution < 1.29 is 4.79 Å². The van der Waals surface area contributed by atoms with Crippen LogP contribution in [0, 0.1) is 12.3 Å². The number of hydrogen-bond acceptors (Lipinski definition) is 1. The number of benzene rings is 1. The van der Waals surface area contributed by atoms with Gasteiger partial charge in [0.15, 0.2) is 0 Å². The molecule has 1 amide bonds. The Balaban J connectivity index is 2.47. The van der Waals surface area contributed by atoms with Crippen LogP contribution in [0.4, 0.5) is 0 Å². The fourth-order valence-corrected chi connectivity index (χ4v) is 1.44. The smallest absolute Gasteiger partial charge is 0.251 e. The van der Waals surface area contributed by atoms with Crippen molar-refractivity contribution >= 4 is 5.91 Å². The first-order valence-electron chi connectivity index (χ1n) is 5.73. The summed E-state index contributed by atoms with van der Waals surface area (Å²) in [6.45, 7) is 9.24. The van der Waals surface area contributed by atoms with E-state index in [2.05, 4.69) is 26.1 Å². The van der Waals surface area contributed by atoms with Gasteiger partial charge in [0.2, 0.25) is 0 Å². The highest BCUT2D eigenvalue weighted by Crippen LogP contribution is 2.17. The SMILES string of the molecule is Cc1cccc(C(=O)NCCC(C)(C)C)c1. The second kappa shape index (κ2) is 5.15. The molecular formula is C14H21NO. The van der Waals surface area contributed by atoms with Gasteiger partial charge in [-0.05, 0) is 30.9 Å². The molecule has 0 atom stereocenters. The lowest BCUT2D eigenvalue weighted by Gasteiger charge is -2.18. The number of rotatable bonds is 3. The first-order chi connectivity index (χ1) is 7.38. The van der Waals surface area contributed by atoms with Crippen molar-refractivity contribution in [3.63, 3.8) is 0 Å². The Morgan fingerprint density at radius 1 is 1.31 bits per heavy atom. The molecule has 0 saturated carbocycles. The molecule has 88 valence electrons. The molecule has 1 aromatic carbocycles. The number of aryl methyl sites for hydroxylation is 1. The van der Waals surface area contributed by atoms with Gasteiger partial charge in [0.1, 0.15) is 0 Å². The van der Waals surface area contributed by atoms with Crippen LogP contribution in [0.15, 0.2) is 24.3 Å². The van der Waals surface area contributed by atoms with Gasteiger partial charge in [0, 0.05) is 12.1 Å². The Hall–Kier alpha value is -1.31. The summed E-state index contributed by atoms with van der Waals surface area (Å²) in [4.78, 5) is 11.8. The molecule has 0 fully saturated rings. The normalized spacial score (nSPS) is 11.2. The van der Waals surface area contributed by atoms with E-state index in [4.69, 9.17) is 0 Å². The Bertz CT molecular complexity index is 363. The Labute approximate surface area is 98.1 Å². The zero-order valence-electron chi connectivity index (χ0n) is 10.6. The predicted octanol–water partition coefficient (Wildman–Crippen LogP) is 3.16. The first kappa shape index (κ1) is 12.8. The summed E-state index contributed by atoms with van der Waals surface area (Å²) in [5, 5.41) is 2.94. The lowest BCUT2D eigenvalue weighted by Crippen LogP contribution is -2.27. The van der Waals surface area contributed by atoms with E-state index < -0.39 is 0 Å². The average Bonchev–Trinajstić information content (AvgIpc) is 2.15. The summed E-state index contributed by atoms with van der Waals surface area (Å²) in [7, 11) is 0. The zero-order chi connectivity index (χ0) is 12.2. The third kappa shape index (κ3) is 4.47. The van der Waals surface area contributed by atoms with Crippen molar-refractivity contribution in [1.82, 2.24) is 5.32 Å². The first-order valence-corrected chi connectivity index (χ1v) is 5.73. The van der Waals surface area contributed by atoms with Gasteiger partial charge < -0.3 is 5.32 Å². The molecule has 0 spiro atoms. The van der Waals surface area contributed by atoms with Crippen LogP contribution in [0.5, 0.6) is 0 Å². The van der Waals surface area contributed by atoms with E-state index in [0.29, 0.717) is 0 Å². The van der Waals surface area contributed by atoms with Crippen molar-refractivity contribution in [2.75, 3.05) is 6.54 Å². The maximum Gasteiger partial charge on any atom is 0.251 e. The molecule has 0 unspecified atom stereocenters. The monoisotopic (exact) mass is 219 g/mol. The Kier molecular flexibility index (Phi) is 4.11. The topological polar surface area (TPSA) is 29.1 Å². The lowest BCUT2D eigenvalue weighted by molar-refractivity contribution is 0.0949.